The Morgan fingerprint density at radius 1 is 0.935 bits per heavy atom. The van der Waals surface area contributed by atoms with Crippen molar-refractivity contribution in [1.82, 2.24) is 14.8 Å². The van der Waals surface area contributed by atoms with Crippen LogP contribution in [0, 0.1) is 17.8 Å². The number of hydrogen-bond donors (Lipinski definition) is 1. The van der Waals surface area contributed by atoms with Gasteiger partial charge in [-0.1, -0.05) is 25.0 Å². The second kappa shape index (κ2) is 8.64. The maximum Gasteiger partial charge on any atom is 0.259 e. The molecule has 1 aromatic heterocycles. The number of amides is 2. The number of fused-ring (bicyclic) bond motifs is 2. The lowest BCUT2D eigenvalue weighted by atomic mass is 9.93. The van der Waals surface area contributed by atoms with Gasteiger partial charge in [0.1, 0.15) is 11.1 Å². The highest BCUT2D eigenvalue weighted by Gasteiger charge is 2.36. The van der Waals surface area contributed by atoms with Gasteiger partial charge in [0, 0.05) is 38.1 Å². The van der Waals surface area contributed by atoms with E-state index in [4.69, 9.17) is 0 Å². The van der Waals surface area contributed by atoms with Crippen LogP contribution in [0.5, 0.6) is 0 Å². The van der Waals surface area contributed by atoms with E-state index in [0.29, 0.717) is 37.4 Å². The molecule has 31 heavy (non-hydrogen) atoms. The van der Waals surface area contributed by atoms with Crippen LogP contribution >= 0.6 is 0 Å². The van der Waals surface area contributed by atoms with Gasteiger partial charge in [0.15, 0.2) is 0 Å². The van der Waals surface area contributed by atoms with Gasteiger partial charge in [-0.05, 0) is 62.7 Å². The molecule has 0 unspecified atom stereocenters. The first-order chi connectivity index (χ1) is 15.1. The van der Waals surface area contributed by atoms with Gasteiger partial charge < -0.3 is 14.8 Å². The van der Waals surface area contributed by atoms with E-state index in [-0.39, 0.29) is 29.0 Å². The summed E-state index contributed by atoms with van der Waals surface area (Å²) >= 11 is 0. The van der Waals surface area contributed by atoms with Crippen LogP contribution in [0.3, 0.4) is 0 Å². The largest absolute Gasteiger partial charge is 0.352 e. The number of nitrogens with one attached hydrogen (secondary N) is 1. The Morgan fingerprint density at radius 3 is 2.35 bits per heavy atom. The third-order valence-electron chi connectivity index (χ3n) is 7.85. The zero-order valence-electron chi connectivity index (χ0n) is 18.2. The molecule has 0 radical (unpaired) electrons. The van der Waals surface area contributed by atoms with E-state index in [9.17, 15) is 14.4 Å². The van der Waals surface area contributed by atoms with Crippen LogP contribution in [0.25, 0.3) is 0 Å². The molecule has 6 heteroatoms. The van der Waals surface area contributed by atoms with Gasteiger partial charge >= 0.3 is 0 Å². The first-order valence-corrected chi connectivity index (χ1v) is 12.1. The smallest absolute Gasteiger partial charge is 0.259 e. The van der Waals surface area contributed by atoms with E-state index < -0.39 is 5.43 Å². The summed E-state index contributed by atoms with van der Waals surface area (Å²) in [5, 5.41) is 3.02. The molecule has 0 aromatic carbocycles. The molecule has 1 aliphatic heterocycles. The summed E-state index contributed by atoms with van der Waals surface area (Å²) in [6.45, 7) is 1.98. The summed E-state index contributed by atoms with van der Waals surface area (Å²) in [7, 11) is 0. The molecular formula is C25H33N3O3. The fourth-order valence-corrected chi connectivity index (χ4v) is 6.04. The Bertz CT molecular complexity index is 938. The lowest BCUT2D eigenvalue weighted by Gasteiger charge is -2.27. The van der Waals surface area contributed by atoms with Crippen molar-refractivity contribution < 1.29 is 9.59 Å². The SMILES string of the molecule is O=C(NC[C@@H]1C[C@H]2C=C[C@@H]1C2)c1cn(C2CCCC2)cc(C(=O)N2CCCCC2)c1=O. The van der Waals surface area contributed by atoms with Gasteiger partial charge in [-0.25, -0.2) is 0 Å². The molecule has 4 aliphatic rings. The van der Waals surface area contributed by atoms with Crippen molar-refractivity contribution in [2.45, 2.75) is 63.8 Å². The number of aromatic nitrogens is 1. The Balaban J connectivity index is 1.40. The molecule has 1 saturated heterocycles. The quantitative estimate of drug-likeness (QED) is 0.737. The Kier molecular flexibility index (Phi) is 5.72. The fourth-order valence-electron chi connectivity index (χ4n) is 6.04. The zero-order valence-corrected chi connectivity index (χ0v) is 18.2. The number of allylic oxidation sites excluding steroid dienone is 2. The number of pyridine rings is 1. The average molecular weight is 424 g/mol. The first kappa shape index (κ1) is 20.5. The lowest BCUT2D eigenvalue weighted by Crippen LogP contribution is -2.41. The summed E-state index contributed by atoms with van der Waals surface area (Å²) < 4.78 is 1.97. The summed E-state index contributed by atoms with van der Waals surface area (Å²) in [5.41, 5.74) is -0.145. The van der Waals surface area contributed by atoms with Gasteiger partial charge in [-0.3, -0.25) is 14.4 Å². The summed E-state index contributed by atoms with van der Waals surface area (Å²) in [6.07, 6.45) is 17.7. The van der Waals surface area contributed by atoms with Crippen LogP contribution in [0.1, 0.15) is 84.5 Å². The average Bonchev–Trinajstić information content (AvgIpc) is 3.56. The number of carbonyl (C=O) groups is 2. The molecule has 1 aromatic rings. The maximum atomic E-state index is 13.3. The Hall–Kier alpha value is -2.37. The van der Waals surface area contributed by atoms with Crippen molar-refractivity contribution in [3.8, 4) is 0 Å². The molecular weight excluding hydrogens is 390 g/mol. The minimum atomic E-state index is -0.421. The van der Waals surface area contributed by atoms with E-state index in [1.807, 2.05) is 4.57 Å². The van der Waals surface area contributed by atoms with Crippen LogP contribution in [0.2, 0.25) is 0 Å². The Morgan fingerprint density at radius 2 is 1.68 bits per heavy atom. The van der Waals surface area contributed by atoms with Gasteiger partial charge in [0.2, 0.25) is 5.43 Å². The number of likely N-dealkylation sites (tertiary alicyclic amines) is 1. The zero-order chi connectivity index (χ0) is 21.4. The molecule has 0 spiro atoms. The molecule has 2 amide bonds. The van der Waals surface area contributed by atoms with Gasteiger partial charge in [0.25, 0.3) is 11.8 Å². The minimum Gasteiger partial charge on any atom is -0.352 e. The van der Waals surface area contributed by atoms with Gasteiger partial charge in [0.05, 0.1) is 0 Å². The van der Waals surface area contributed by atoms with Crippen molar-refractivity contribution in [2.24, 2.45) is 17.8 Å². The maximum absolute atomic E-state index is 13.3. The predicted molar refractivity (Wildman–Crippen MR) is 119 cm³/mol. The van der Waals surface area contributed by atoms with Crippen LogP contribution in [-0.2, 0) is 0 Å². The number of nitrogens with zero attached hydrogens (tertiary/aromatic N) is 2. The third-order valence-corrected chi connectivity index (χ3v) is 7.85. The number of hydrogen-bond acceptors (Lipinski definition) is 3. The molecule has 2 saturated carbocycles. The molecule has 3 atom stereocenters. The number of rotatable bonds is 5. The van der Waals surface area contributed by atoms with E-state index in [0.717, 1.165) is 51.4 Å². The van der Waals surface area contributed by atoms with Crippen LogP contribution in [-0.4, -0.2) is 40.9 Å². The van der Waals surface area contributed by atoms with E-state index in [1.165, 1.54) is 6.42 Å². The van der Waals surface area contributed by atoms with Gasteiger partial charge in [-0.2, -0.15) is 0 Å². The highest BCUT2D eigenvalue weighted by molar-refractivity contribution is 5.99. The molecule has 166 valence electrons. The lowest BCUT2D eigenvalue weighted by molar-refractivity contribution is 0.0722. The summed E-state index contributed by atoms with van der Waals surface area (Å²) in [6, 6.07) is 0.260. The van der Waals surface area contributed by atoms with Crippen molar-refractivity contribution in [2.75, 3.05) is 19.6 Å². The molecule has 1 N–H and O–H groups in total. The van der Waals surface area contributed by atoms with Crippen LogP contribution < -0.4 is 10.7 Å². The standard InChI is InChI=1S/C25H33N3O3/c29-23-21(24(30)26-14-19-13-17-8-9-18(19)12-17)15-28(20-6-2-3-7-20)16-22(23)25(31)27-10-4-1-5-11-27/h8-9,15-20H,1-7,10-14H2,(H,26,30)/t17-,18+,19-/m0/s1. The van der Waals surface area contributed by atoms with E-state index in [1.54, 1.807) is 17.3 Å². The molecule has 2 heterocycles. The summed E-state index contributed by atoms with van der Waals surface area (Å²) in [5.74, 6) is 1.10. The second-order valence-electron chi connectivity index (χ2n) is 9.90. The topological polar surface area (TPSA) is 71.4 Å². The van der Waals surface area contributed by atoms with Crippen molar-refractivity contribution in [3.63, 3.8) is 0 Å². The first-order valence-electron chi connectivity index (χ1n) is 12.1. The van der Waals surface area contributed by atoms with Gasteiger partial charge in [-0.15, -0.1) is 0 Å². The second-order valence-corrected chi connectivity index (χ2v) is 9.90. The number of carbonyl (C=O) groups excluding carboxylic acids is 2. The monoisotopic (exact) mass is 423 g/mol. The van der Waals surface area contributed by atoms with Crippen molar-refractivity contribution in [3.05, 3.63) is 45.9 Å². The number of piperidine rings is 1. The van der Waals surface area contributed by atoms with E-state index in [2.05, 4.69) is 17.5 Å². The molecule has 2 bridgehead atoms. The molecule has 3 aliphatic carbocycles. The molecule has 3 fully saturated rings. The normalized spacial score (nSPS) is 27.7. The Labute approximate surface area is 183 Å². The van der Waals surface area contributed by atoms with Crippen LogP contribution in [0.4, 0.5) is 0 Å². The summed E-state index contributed by atoms with van der Waals surface area (Å²) in [4.78, 5) is 41.3. The molecule has 6 nitrogen and oxygen atoms in total. The highest BCUT2D eigenvalue weighted by atomic mass is 16.2. The fraction of sp³-hybridized carbons (Fsp3) is 0.640. The predicted octanol–water partition coefficient (Wildman–Crippen LogP) is 3.53. The molecule has 5 rings (SSSR count). The van der Waals surface area contributed by atoms with Crippen molar-refractivity contribution >= 4 is 11.8 Å². The van der Waals surface area contributed by atoms with Crippen LogP contribution in [0.15, 0.2) is 29.3 Å². The van der Waals surface area contributed by atoms with E-state index >= 15 is 0 Å². The third kappa shape index (κ3) is 4.09. The highest BCUT2D eigenvalue weighted by Crippen LogP contribution is 2.43. The van der Waals surface area contributed by atoms with Crippen molar-refractivity contribution in [1.29, 1.82) is 0 Å². The minimum absolute atomic E-state index is 0.119.